The molecule has 2 fully saturated rings. The molecule has 1 atom stereocenters. The van der Waals surface area contributed by atoms with Crippen molar-refractivity contribution in [1.29, 1.82) is 5.26 Å². The zero-order valence-corrected chi connectivity index (χ0v) is 18.0. The number of pyridine rings is 1. The standard InChI is InChI=1S/C23H21F3N4OS/c24-19-8-17-13(11-29-32(31)15-4-5-15)12-30(14-2-1-3-14)21(17)9-18(19)22-16(23(25)26)6-7-28-20(22)10-27/h6-9,12,14-15,23,29H,1-5,11H2. The number of nitrogens with one attached hydrogen (secondary N) is 1. The van der Waals surface area contributed by atoms with Crippen molar-refractivity contribution in [3.8, 4) is 17.2 Å². The fourth-order valence-corrected chi connectivity index (χ4v) is 5.31. The van der Waals surface area contributed by atoms with Gasteiger partial charge in [0, 0.05) is 57.8 Å². The lowest BCUT2D eigenvalue weighted by molar-refractivity contribution is 0.152. The topological polar surface area (TPSA) is 70.7 Å². The highest BCUT2D eigenvalue weighted by molar-refractivity contribution is 7.83. The number of nitrogens with zero attached hydrogens (tertiary/aromatic N) is 3. The third kappa shape index (κ3) is 3.71. The van der Waals surface area contributed by atoms with Crippen LogP contribution in [0, 0.1) is 17.1 Å². The Balaban J connectivity index is 1.64. The Hall–Kier alpha value is -2.70. The summed E-state index contributed by atoms with van der Waals surface area (Å²) in [5.74, 6) is -0.695. The van der Waals surface area contributed by atoms with E-state index >= 15 is 4.39 Å². The average molecular weight is 459 g/mol. The summed E-state index contributed by atoms with van der Waals surface area (Å²) in [4.78, 5) is 3.89. The predicted octanol–water partition coefficient (Wildman–Crippen LogP) is 5.29. The number of rotatable bonds is 7. The first kappa shape index (κ1) is 21.2. The van der Waals surface area contributed by atoms with Gasteiger partial charge in [0.05, 0.1) is 11.0 Å². The first-order chi connectivity index (χ1) is 15.5. The fourth-order valence-electron chi connectivity index (χ4n) is 4.21. The summed E-state index contributed by atoms with van der Waals surface area (Å²) in [6.07, 6.45) is 5.16. The van der Waals surface area contributed by atoms with E-state index in [4.69, 9.17) is 0 Å². The molecule has 1 N–H and O–H groups in total. The van der Waals surface area contributed by atoms with Crippen molar-refractivity contribution in [3.63, 3.8) is 0 Å². The molecule has 9 heteroatoms. The first-order valence-corrected chi connectivity index (χ1v) is 11.8. The highest BCUT2D eigenvalue weighted by Crippen LogP contribution is 2.40. The molecule has 5 rings (SSSR count). The van der Waals surface area contributed by atoms with Gasteiger partial charge in [0.2, 0.25) is 0 Å². The van der Waals surface area contributed by atoms with E-state index in [0.29, 0.717) is 17.4 Å². The minimum absolute atomic E-state index is 0.0582. The van der Waals surface area contributed by atoms with Crippen molar-refractivity contribution >= 4 is 21.9 Å². The fraction of sp³-hybridized carbons (Fsp3) is 0.391. The van der Waals surface area contributed by atoms with E-state index in [-0.39, 0.29) is 28.1 Å². The summed E-state index contributed by atoms with van der Waals surface area (Å²) in [5, 5.41) is 10.3. The molecule has 0 bridgehead atoms. The number of nitriles is 1. The van der Waals surface area contributed by atoms with Crippen LogP contribution in [-0.4, -0.2) is 19.0 Å². The van der Waals surface area contributed by atoms with Gasteiger partial charge in [-0.3, -0.25) is 0 Å². The quantitative estimate of drug-likeness (QED) is 0.523. The van der Waals surface area contributed by atoms with Crippen molar-refractivity contribution in [2.45, 2.75) is 56.4 Å². The molecule has 1 unspecified atom stereocenters. The van der Waals surface area contributed by atoms with Gasteiger partial charge in [0.25, 0.3) is 6.43 Å². The third-order valence-corrected chi connectivity index (χ3v) is 7.80. The van der Waals surface area contributed by atoms with Crippen molar-refractivity contribution in [1.82, 2.24) is 14.3 Å². The lowest BCUT2D eigenvalue weighted by Gasteiger charge is -2.28. The molecule has 0 spiro atoms. The Morgan fingerprint density at radius 2 is 2.06 bits per heavy atom. The van der Waals surface area contributed by atoms with E-state index in [9.17, 15) is 18.3 Å². The summed E-state index contributed by atoms with van der Waals surface area (Å²) in [7, 11) is -1.13. The van der Waals surface area contributed by atoms with Gasteiger partial charge in [-0.05, 0) is 55.9 Å². The van der Waals surface area contributed by atoms with Gasteiger partial charge < -0.3 is 4.57 Å². The minimum atomic E-state index is -2.87. The Morgan fingerprint density at radius 1 is 1.28 bits per heavy atom. The highest BCUT2D eigenvalue weighted by Gasteiger charge is 2.29. The van der Waals surface area contributed by atoms with Crippen LogP contribution in [0.3, 0.4) is 0 Å². The summed E-state index contributed by atoms with van der Waals surface area (Å²) < 4.78 is 60.0. The Kier molecular flexibility index (Phi) is 5.51. The molecular weight excluding hydrogens is 437 g/mol. The molecule has 32 heavy (non-hydrogen) atoms. The van der Waals surface area contributed by atoms with Gasteiger partial charge in [-0.25, -0.2) is 27.1 Å². The second-order valence-corrected chi connectivity index (χ2v) is 9.90. The maximum atomic E-state index is 15.3. The maximum Gasteiger partial charge on any atom is 0.264 e. The van der Waals surface area contributed by atoms with Crippen LogP contribution < -0.4 is 4.72 Å². The van der Waals surface area contributed by atoms with Crippen LogP contribution in [-0.2, 0) is 17.5 Å². The molecule has 2 heterocycles. The molecule has 1 aromatic carbocycles. The van der Waals surface area contributed by atoms with Crippen molar-refractivity contribution < 1.29 is 17.4 Å². The Labute approximate surface area is 185 Å². The monoisotopic (exact) mass is 458 g/mol. The van der Waals surface area contributed by atoms with Crippen LogP contribution in [0.4, 0.5) is 13.2 Å². The van der Waals surface area contributed by atoms with Gasteiger partial charge >= 0.3 is 0 Å². The van der Waals surface area contributed by atoms with E-state index < -0.39 is 28.8 Å². The molecule has 2 aliphatic rings. The Bertz CT molecular complexity index is 1260. The average Bonchev–Trinajstić information content (AvgIpc) is 3.54. The van der Waals surface area contributed by atoms with Crippen LogP contribution in [0.2, 0.25) is 0 Å². The van der Waals surface area contributed by atoms with Gasteiger partial charge in [-0.2, -0.15) is 5.26 Å². The largest absolute Gasteiger partial charge is 0.344 e. The lowest BCUT2D eigenvalue weighted by atomic mass is 9.92. The number of halogens is 3. The van der Waals surface area contributed by atoms with Gasteiger partial charge in [0.15, 0.2) is 0 Å². The number of fused-ring (bicyclic) bond motifs is 1. The van der Waals surface area contributed by atoms with Gasteiger partial charge in [0.1, 0.15) is 17.6 Å². The van der Waals surface area contributed by atoms with Crippen LogP contribution in [0.5, 0.6) is 0 Å². The maximum absolute atomic E-state index is 15.3. The van der Waals surface area contributed by atoms with Crippen LogP contribution >= 0.6 is 0 Å². The number of alkyl halides is 2. The van der Waals surface area contributed by atoms with Crippen molar-refractivity contribution in [2.24, 2.45) is 0 Å². The molecule has 2 aliphatic carbocycles. The third-order valence-electron chi connectivity index (χ3n) is 6.30. The molecular formula is C23H21F3N4OS. The molecule has 2 aromatic heterocycles. The molecule has 3 aromatic rings. The number of aromatic nitrogens is 2. The van der Waals surface area contributed by atoms with E-state index in [0.717, 1.165) is 49.9 Å². The summed E-state index contributed by atoms with van der Waals surface area (Å²) >= 11 is 0. The van der Waals surface area contributed by atoms with E-state index in [1.165, 1.54) is 6.07 Å². The van der Waals surface area contributed by atoms with E-state index in [2.05, 4.69) is 14.3 Å². The van der Waals surface area contributed by atoms with Gasteiger partial charge in [-0.1, -0.05) is 0 Å². The number of hydrogen-bond donors (Lipinski definition) is 1. The second kappa shape index (κ2) is 8.34. The lowest BCUT2D eigenvalue weighted by Crippen LogP contribution is -2.20. The molecule has 166 valence electrons. The number of hydrogen-bond acceptors (Lipinski definition) is 3. The van der Waals surface area contributed by atoms with Crippen LogP contribution in [0.25, 0.3) is 22.0 Å². The molecule has 0 amide bonds. The summed E-state index contributed by atoms with van der Waals surface area (Å²) in [6, 6.07) is 6.07. The number of benzene rings is 1. The summed E-state index contributed by atoms with van der Waals surface area (Å²) in [6.45, 7) is 0.330. The molecule has 0 saturated heterocycles. The minimum Gasteiger partial charge on any atom is -0.344 e. The normalized spacial score (nSPS) is 17.5. The van der Waals surface area contributed by atoms with E-state index in [1.54, 1.807) is 6.07 Å². The van der Waals surface area contributed by atoms with Crippen LogP contribution in [0.15, 0.2) is 30.6 Å². The molecule has 5 nitrogen and oxygen atoms in total. The predicted molar refractivity (Wildman–Crippen MR) is 116 cm³/mol. The smallest absolute Gasteiger partial charge is 0.264 e. The van der Waals surface area contributed by atoms with Crippen molar-refractivity contribution in [3.05, 3.63) is 53.2 Å². The SMILES string of the molecule is N#Cc1nccc(C(F)F)c1-c1cc2c(cc1F)c(CNS(=O)C1CC1)cn2C1CCC1. The molecule has 0 aliphatic heterocycles. The molecule has 2 saturated carbocycles. The second-order valence-electron chi connectivity index (χ2n) is 8.35. The van der Waals surface area contributed by atoms with Gasteiger partial charge in [-0.15, -0.1) is 0 Å². The zero-order chi connectivity index (χ0) is 22.4. The van der Waals surface area contributed by atoms with Crippen LogP contribution in [0.1, 0.15) is 61.4 Å². The first-order valence-electron chi connectivity index (χ1n) is 10.6. The highest BCUT2D eigenvalue weighted by atomic mass is 32.2. The molecule has 0 radical (unpaired) electrons. The summed E-state index contributed by atoms with van der Waals surface area (Å²) in [5.41, 5.74) is 0.653. The van der Waals surface area contributed by atoms with E-state index in [1.807, 2.05) is 12.3 Å². The zero-order valence-electron chi connectivity index (χ0n) is 17.2. The Morgan fingerprint density at radius 3 is 2.69 bits per heavy atom. The van der Waals surface area contributed by atoms with Crippen molar-refractivity contribution in [2.75, 3.05) is 0 Å².